The van der Waals surface area contributed by atoms with Gasteiger partial charge in [-0.25, -0.2) is 0 Å². The molecule has 0 saturated carbocycles. The highest BCUT2D eigenvalue weighted by atomic mass is 35.5. The molecule has 0 atom stereocenters. The molecule has 0 spiro atoms. The van der Waals surface area contributed by atoms with Gasteiger partial charge in [0.25, 0.3) is 0 Å². The van der Waals surface area contributed by atoms with Crippen LogP contribution >= 0.6 is 23.2 Å². The molecule has 4 heteroatoms. The van der Waals surface area contributed by atoms with Crippen LogP contribution in [0.2, 0.25) is 5.02 Å². The van der Waals surface area contributed by atoms with E-state index in [1.54, 1.807) is 19.9 Å². The van der Waals surface area contributed by atoms with Crippen molar-refractivity contribution in [3.63, 3.8) is 0 Å². The Morgan fingerprint density at radius 1 is 1.47 bits per heavy atom. The smallest absolute Gasteiger partial charge is 0.168 e. The van der Waals surface area contributed by atoms with Crippen molar-refractivity contribution in [2.75, 3.05) is 5.88 Å². The second-order valence-corrected chi connectivity index (χ2v) is 4.17. The van der Waals surface area contributed by atoms with E-state index in [0.717, 1.165) is 0 Å². The molecule has 0 aliphatic carbocycles. The minimum absolute atomic E-state index is 0.00650. The number of Topliss-reactive ketones (excluding diaryl/α,β-unsaturated/α-hetero) is 1. The molecule has 1 N–H and O–H groups in total. The fourth-order valence-electron chi connectivity index (χ4n) is 1.41. The first-order valence-corrected chi connectivity index (χ1v) is 5.48. The topological polar surface area (TPSA) is 37.3 Å². The van der Waals surface area contributed by atoms with Gasteiger partial charge in [-0.3, -0.25) is 4.79 Å². The average Bonchev–Trinajstić information content (AvgIpc) is 2.16. The molecule has 0 bridgehead atoms. The van der Waals surface area contributed by atoms with Crippen LogP contribution < -0.4 is 0 Å². The third-order valence-corrected chi connectivity index (χ3v) is 2.87. The molecule has 1 aromatic carbocycles. The molecular weight excluding hydrogens is 235 g/mol. The number of hydrogen-bond donors (Lipinski definition) is 1. The number of carbonyl (C=O) groups is 1. The van der Waals surface area contributed by atoms with Gasteiger partial charge in [-0.05, 0) is 31.0 Å². The standard InChI is InChI=1S/C11H12Cl2O2/c1-6-5-8(13)7(2)10(11(6)15)9(14)3-4-12/h5,15H,3-4H2,1-2H3. The number of aryl methyl sites for hydroxylation is 1. The summed E-state index contributed by atoms with van der Waals surface area (Å²) in [6, 6.07) is 1.64. The molecule has 82 valence electrons. The van der Waals surface area contributed by atoms with E-state index < -0.39 is 0 Å². The Labute approximate surface area is 98.8 Å². The minimum Gasteiger partial charge on any atom is -0.507 e. The number of hydrogen-bond acceptors (Lipinski definition) is 2. The fraction of sp³-hybridized carbons (Fsp3) is 0.364. The van der Waals surface area contributed by atoms with Crippen LogP contribution in [0, 0.1) is 13.8 Å². The van der Waals surface area contributed by atoms with Crippen LogP contribution in [0.5, 0.6) is 5.75 Å². The van der Waals surface area contributed by atoms with Gasteiger partial charge in [-0.1, -0.05) is 11.6 Å². The van der Waals surface area contributed by atoms with Crippen molar-refractivity contribution in [3.8, 4) is 5.75 Å². The highest BCUT2D eigenvalue weighted by molar-refractivity contribution is 6.32. The second kappa shape index (κ2) is 4.86. The fourth-order valence-corrected chi connectivity index (χ4v) is 1.84. The first-order chi connectivity index (χ1) is 6.99. The molecule has 0 saturated heterocycles. The Kier molecular flexibility index (Phi) is 4.00. The quantitative estimate of drug-likeness (QED) is 0.655. The van der Waals surface area contributed by atoms with Gasteiger partial charge < -0.3 is 5.11 Å². The van der Waals surface area contributed by atoms with E-state index >= 15 is 0 Å². The van der Waals surface area contributed by atoms with Crippen molar-refractivity contribution in [1.82, 2.24) is 0 Å². The third-order valence-electron chi connectivity index (χ3n) is 2.29. The molecule has 0 fully saturated rings. The van der Waals surface area contributed by atoms with Crippen molar-refractivity contribution >= 4 is 29.0 Å². The monoisotopic (exact) mass is 246 g/mol. The van der Waals surface area contributed by atoms with Crippen molar-refractivity contribution < 1.29 is 9.90 Å². The largest absolute Gasteiger partial charge is 0.507 e. The lowest BCUT2D eigenvalue weighted by Gasteiger charge is -2.11. The summed E-state index contributed by atoms with van der Waals surface area (Å²) in [6.45, 7) is 3.42. The Hall–Kier alpha value is -0.730. The number of aromatic hydroxyl groups is 1. The van der Waals surface area contributed by atoms with Gasteiger partial charge in [0.05, 0.1) is 5.56 Å². The maximum absolute atomic E-state index is 11.7. The molecular formula is C11H12Cl2O2. The Morgan fingerprint density at radius 3 is 2.60 bits per heavy atom. The molecule has 0 aliphatic heterocycles. The van der Waals surface area contributed by atoms with Crippen LogP contribution in [-0.2, 0) is 0 Å². The van der Waals surface area contributed by atoms with Crippen molar-refractivity contribution in [1.29, 1.82) is 0 Å². The summed E-state index contributed by atoms with van der Waals surface area (Å²) in [5, 5.41) is 10.3. The summed E-state index contributed by atoms with van der Waals surface area (Å²) in [7, 11) is 0. The van der Waals surface area contributed by atoms with Gasteiger partial charge in [-0.15, -0.1) is 11.6 Å². The molecule has 0 unspecified atom stereocenters. The number of benzene rings is 1. The lowest BCUT2D eigenvalue weighted by molar-refractivity contribution is 0.0986. The summed E-state index contributed by atoms with van der Waals surface area (Å²) in [6.07, 6.45) is 0.204. The maximum Gasteiger partial charge on any atom is 0.168 e. The van der Waals surface area contributed by atoms with E-state index in [1.807, 2.05) is 0 Å². The van der Waals surface area contributed by atoms with Gasteiger partial charge in [0.1, 0.15) is 5.75 Å². The normalized spacial score (nSPS) is 10.4. The summed E-state index contributed by atoms with van der Waals surface area (Å²) in [5.74, 6) is 0.0705. The summed E-state index contributed by atoms with van der Waals surface area (Å²) in [4.78, 5) is 11.7. The summed E-state index contributed by atoms with van der Waals surface area (Å²) in [5.41, 5.74) is 1.50. The van der Waals surface area contributed by atoms with Gasteiger partial charge in [0.15, 0.2) is 5.78 Å². The van der Waals surface area contributed by atoms with Crippen LogP contribution in [0.1, 0.15) is 27.9 Å². The number of phenolic OH excluding ortho intramolecular Hbond substituents is 1. The van der Waals surface area contributed by atoms with Crippen LogP contribution in [0.3, 0.4) is 0 Å². The molecule has 0 aromatic heterocycles. The highest BCUT2D eigenvalue weighted by Gasteiger charge is 2.17. The van der Waals surface area contributed by atoms with E-state index in [2.05, 4.69) is 0 Å². The zero-order valence-electron chi connectivity index (χ0n) is 8.60. The second-order valence-electron chi connectivity index (χ2n) is 3.39. The predicted octanol–water partition coefficient (Wildman–Crippen LogP) is 3.47. The predicted molar refractivity (Wildman–Crippen MR) is 62.3 cm³/mol. The number of alkyl halides is 1. The molecule has 15 heavy (non-hydrogen) atoms. The molecule has 1 rings (SSSR count). The zero-order valence-corrected chi connectivity index (χ0v) is 10.1. The number of ketones is 1. The minimum atomic E-state index is -0.175. The van der Waals surface area contributed by atoms with Crippen LogP contribution in [0.15, 0.2) is 6.07 Å². The van der Waals surface area contributed by atoms with E-state index in [1.165, 1.54) is 0 Å². The van der Waals surface area contributed by atoms with Gasteiger partial charge in [0.2, 0.25) is 0 Å². The van der Waals surface area contributed by atoms with E-state index in [9.17, 15) is 9.90 Å². The molecule has 0 heterocycles. The Bertz CT molecular complexity index is 374. The Morgan fingerprint density at radius 2 is 2.07 bits per heavy atom. The van der Waals surface area contributed by atoms with Crippen molar-refractivity contribution in [2.45, 2.75) is 20.3 Å². The average molecular weight is 247 g/mol. The maximum atomic E-state index is 11.7. The van der Waals surface area contributed by atoms with E-state index in [-0.39, 0.29) is 23.8 Å². The van der Waals surface area contributed by atoms with Crippen molar-refractivity contribution in [3.05, 3.63) is 27.8 Å². The highest BCUT2D eigenvalue weighted by Crippen LogP contribution is 2.31. The molecule has 2 nitrogen and oxygen atoms in total. The first-order valence-electron chi connectivity index (χ1n) is 4.56. The molecule has 0 amide bonds. The third kappa shape index (κ3) is 2.44. The van der Waals surface area contributed by atoms with Crippen LogP contribution in [-0.4, -0.2) is 16.8 Å². The van der Waals surface area contributed by atoms with Crippen LogP contribution in [0.25, 0.3) is 0 Å². The zero-order chi connectivity index (χ0) is 11.6. The lowest BCUT2D eigenvalue weighted by atomic mass is 9.99. The molecule has 0 radical (unpaired) electrons. The van der Waals surface area contributed by atoms with E-state index in [0.29, 0.717) is 21.7 Å². The SMILES string of the molecule is Cc1cc(Cl)c(C)c(C(=O)CCCl)c1O. The summed E-state index contributed by atoms with van der Waals surface area (Å²) < 4.78 is 0. The van der Waals surface area contributed by atoms with Gasteiger partial charge in [0, 0.05) is 17.3 Å². The summed E-state index contributed by atoms with van der Waals surface area (Å²) >= 11 is 11.4. The number of phenols is 1. The Balaban J connectivity index is 3.32. The van der Waals surface area contributed by atoms with Gasteiger partial charge >= 0.3 is 0 Å². The number of rotatable bonds is 3. The van der Waals surface area contributed by atoms with E-state index in [4.69, 9.17) is 23.2 Å². The van der Waals surface area contributed by atoms with Gasteiger partial charge in [-0.2, -0.15) is 0 Å². The molecule has 0 aliphatic rings. The van der Waals surface area contributed by atoms with Crippen molar-refractivity contribution in [2.24, 2.45) is 0 Å². The number of halogens is 2. The first kappa shape index (κ1) is 12.3. The number of carbonyl (C=O) groups excluding carboxylic acids is 1. The van der Waals surface area contributed by atoms with Crippen LogP contribution in [0.4, 0.5) is 0 Å². The molecule has 1 aromatic rings. The lowest BCUT2D eigenvalue weighted by Crippen LogP contribution is -2.04.